The molecule has 0 rings (SSSR count). The number of carbonyl (C=O) groups excluding carboxylic acids is 1. The molecule has 154 valence electrons. The Labute approximate surface area is 162 Å². The molecule has 0 aliphatic carbocycles. The van der Waals surface area contributed by atoms with Gasteiger partial charge in [0.05, 0.1) is 6.54 Å². The molecular formula is C22H44N2O2. The smallest absolute Gasteiger partial charge is 0.226 e. The summed E-state index contributed by atoms with van der Waals surface area (Å²) in [6.07, 6.45) is 18.7. The fourth-order valence-corrected chi connectivity index (χ4v) is 3.75. The molecule has 0 spiro atoms. The summed E-state index contributed by atoms with van der Waals surface area (Å²) in [6.45, 7) is 6.99. The molecule has 26 heavy (non-hydrogen) atoms. The molecule has 0 bridgehead atoms. The second-order valence-electron chi connectivity index (χ2n) is 7.74. The van der Waals surface area contributed by atoms with Crippen LogP contribution in [-0.2, 0) is 4.79 Å². The third kappa shape index (κ3) is 11.6. The minimum absolute atomic E-state index is 0.106. The van der Waals surface area contributed by atoms with Crippen LogP contribution in [0.4, 0.5) is 0 Å². The summed E-state index contributed by atoms with van der Waals surface area (Å²) in [5, 5.41) is 5.70. The number of nitrogens with zero attached hydrogens (tertiary/aromatic N) is 1. The van der Waals surface area contributed by atoms with E-state index in [-0.39, 0.29) is 17.9 Å². The number of amides is 1. The molecule has 1 amide bonds. The first-order chi connectivity index (χ1) is 12.7. The van der Waals surface area contributed by atoms with Gasteiger partial charge in [0.15, 0.2) is 0 Å². The minimum Gasteiger partial charge on any atom is -0.354 e. The number of nitroso groups, excluding NO2 is 1. The van der Waals surface area contributed by atoms with Crippen LogP contribution in [0.15, 0.2) is 5.18 Å². The fraction of sp³-hybridized carbons (Fsp3) is 0.955. The fourth-order valence-electron chi connectivity index (χ4n) is 3.75. The second-order valence-corrected chi connectivity index (χ2v) is 7.74. The molecule has 0 aliphatic rings. The van der Waals surface area contributed by atoms with Crippen molar-refractivity contribution in [2.24, 2.45) is 10.6 Å². The number of rotatable bonds is 19. The molecule has 0 aliphatic heterocycles. The summed E-state index contributed by atoms with van der Waals surface area (Å²) in [5.41, 5.74) is -0.263. The summed E-state index contributed by atoms with van der Waals surface area (Å²) in [5.74, 6) is 0.106. The second kappa shape index (κ2) is 17.5. The number of nitrogens with one attached hydrogen (secondary N) is 1. The summed E-state index contributed by atoms with van der Waals surface area (Å²) in [6, 6.07) is 0. The molecule has 0 aromatic heterocycles. The third-order valence-electron chi connectivity index (χ3n) is 5.83. The zero-order chi connectivity index (χ0) is 19.5. The average molecular weight is 369 g/mol. The van der Waals surface area contributed by atoms with Gasteiger partial charge in [0, 0.05) is 12.0 Å². The largest absolute Gasteiger partial charge is 0.354 e. The number of hydrogen-bond donors (Lipinski definition) is 1. The lowest BCUT2D eigenvalue weighted by Gasteiger charge is -2.30. The van der Waals surface area contributed by atoms with E-state index in [1.165, 1.54) is 70.6 Å². The SMILES string of the molecule is CCCCCCCCCCCCCCC(CC)(CC)C(=O)NCCN=O. The number of unbranched alkanes of at least 4 members (excludes halogenated alkanes) is 11. The van der Waals surface area contributed by atoms with E-state index >= 15 is 0 Å². The van der Waals surface area contributed by atoms with Crippen molar-refractivity contribution in [3.05, 3.63) is 4.91 Å². The molecule has 0 aromatic rings. The van der Waals surface area contributed by atoms with E-state index in [9.17, 15) is 9.70 Å². The molecule has 0 atom stereocenters. The zero-order valence-corrected chi connectivity index (χ0v) is 17.8. The Balaban J connectivity index is 3.76. The van der Waals surface area contributed by atoms with Crippen LogP contribution in [0.5, 0.6) is 0 Å². The van der Waals surface area contributed by atoms with E-state index in [0.717, 1.165) is 25.7 Å². The van der Waals surface area contributed by atoms with Crippen LogP contribution in [-0.4, -0.2) is 19.0 Å². The quantitative estimate of drug-likeness (QED) is 0.202. The Morgan fingerprint density at radius 3 is 1.65 bits per heavy atom. The van der Waals surface area contributed by atoms with Crippen molar-refractivity contribution >= 4 is 5.91 Å². The molecule has 0 radical (unpaired) electrons. The van der Waals surface area contributed by atoms with Gasteiger partial charge in [-0.1, -0.05) is 103 Å². The van der Waals surface area contributed by atoms with E-state index in [4.69, 9.17) is 0 Å². The van der Waals surface area contributed by atoms with Gasteiger partial charge in [0.25, 0.3) is 0 Å². The van der Waals surface area contributed by atoms with Gasteiger partial charge >= 0.3 is 0 Å². The standard InChI is InChI=1S/C22H44N2O2/c1-4-7-8-9-10-11-12-13-14-15-16-17-18-22(5-2,6-3)21(25)23-19-20-24-26/h4-20H2,1-3H3,(H,23,25). The van der Waals surface area contributed by atoms with E-state index in [2.05, 4.69) is 31.3 Å². The van der Waals surface area contributed by atoms with Crippen LogP contribution in [0.2, 0.25) is 0 Å². The molecule has 0 aromatic carbocycles. The summed E-state index contributed by atoms with van der Waals surface area (Å²) >= 11 is 0. The number of hydrogen-bond acceptors (Lipinski definition) is 3. The maximum absolute atomic E-state index is 12.5. The Kier molecular flexibility index (Phi) is 16.9. The monoisotopic (exact) mass is 368 g/mol. The van der Waals surface area contributed by atoms with Gasteiger partial charge in [0.2, 0.25) is 5.91 Å². The van der Waals surface area contributed by atoms with Crippen LogP contribution < -0.4 is 5.32 Å². The van der Waals surface area contributed by atoms with Gasteiger partial charge < -0.3 is 5.32 Å². The Morgan fingerprint density at radius 2 is 1.23 bits per heavy atom. The molecule has 1 N–H and O–H groups in total. The van der Waals surface area contributed by atoms with Crippen molar-refractivity contribution in [2.75, 3.05) is 13.1 Å². The van der Waals surface area contributed by atoms with Crippen molar-refractivity contribution in [1.29, 1.82) is 0 Å². The predicted octanol–water partition coefficient (Wildman–Crippen LogP) is 6.77. The first kappa shape index (κ1) is 25.1. The van der Waals surface area contributed by atoms with Gasteiger partial charge in [-0.25, -0.2) is 0 Å². The maximum Gasteiger partial charge on any atom is 0.226 e. The van der Waals surface area contributed by atoms with Crippen molar-refractivity contribution < 1.29 is 4.79 Å². The highest BCUT2D eigenvalue weighted by atomic mass is 16.3. The molecule has 4 nitrogen and oxygen atoms in total. The van der Waals surface area contributed by atoms with Crippen LogP contribution in [0.25, 0.3) is 0 Å². The lowest BCUT2D eigenvalue weighted by Crippen LogP contribution is -2.41. The van der Waals surface area contributed by atoms with Gasteiger partial charge in [-0.3, -0.25) is 4.79 Å². The minimum atomic E-state index is -0.263. The van der Waals surface area contributed by atoms with Crippen LogP contribution in [0, 0.1) is 10.3 Å². The van der Waals surface area contributed by atoms with Crippen LogP contribution in [0.3, 0.4) is 0 Å². The average Bonchev–Trinajstić information content (AvgIpc) is 2.66. The predicted molar refractivity (Wildman–Crippen MR) is 112 cm³/mol. The molecule has 0 fully saturated rings. The Bertz CT molecular complexity index is 341. The Hall–Kier alpha value is -0.930. The van der Waals surface area contributed by atoms with E-state index in [0.29, 0.717) is 6.54 Å². The lowest BCUT2D eigenvalue weighted by molar-refractivity contribution is -0.132. The highest BCUT2D eigenvalue weighted by Crippen LogP contribution is 2.33. The molecule has 0 saturated carbocycles. The zero-order valence-electron chi connectivity index (χ0n) is 17.8. The highest BCUT2D eigenvalue weighted by molar-refractivity contribution is 5.82. The van der Waals surface area contributed by atoms with Crippen molar-refractivity contribution in [3.8, 4) is 0 Å². The lowest BCUT2D eigenvalue weighted by atomic mass is 9.76. The third-order valence-corrected chi connectivity index (χ3v) is 5.83. The summed E-state index contributed by atoms with van der Waals surface area (Å²) in [7, 11) is 0. The Morgan fingerprint density at radius 1 is 0.769 bits per heavy atom. The van der Waals surface area contributed by atoms with Crippen molar-refractivity contribution in [1.82, 2.24) is 5.32 Å². The maximum atomic E-state index is 12.5. The molecule has 0 unspecified atom stereocenters. The van der Waals surface area contributed by atoms with Crippen molar-refractivity contribution in [3.63, 3.8) is 0 Å². The first-order valence-corrected chi connectivity index (χ1v) is 11.2. The highest BCUT2D eigenvalue weighted by Gasteiger charge is 2.33. The topological polar surface area (TPSA) is 58.5 Å². The molecule has 0 saturated heterocycles. The van der Waals surface area contributed by atoms with E-state index in [1.807, 2.05) is 0 Å². The van der Waals surface area contributed by atoms with Crippen molar-refractivity contribution in [2.45, 2.75) is 117 Å². The number of carbonyl (C=O) groups is 1. The normalized spacial score (nSPS) is 11.5. The van der Waals surface area contributed by atoms with Crippen LogP contribution >= 0.6 is 0 Å². The molecule has 4 heteroatoms. The summed E-state index contributed by atoms with van der Waals surface area (Å²) in [4.78, 5) is 22.7. The van der Waals surface area contributed by atoms with Gasteiger partial charge in [-0.15, -0.1) is 0 Å². The van der Waals surface area contributed by atoms with E-state index in [1.54, 1.807) is 0 Å². The van der Waals surface area contributed by atoms with Gasteiger partial charge in [-0.05, 0) is 19.3 Å². The molecular weight excluding hydrogens is 324 g/mol. The van der Waals surface area contributed by atoms with E-state index < -0.39 is 0 Å². The summed E-state index contributed by atoms with van der Waals surface area (Å²) < 4.78 is 0. The molecule has 0 heterocycles. The van der Waals surface area contributed by atoms with Gasteiger partial charge in [0.1, 0.15) is 0 Å². The first-order valence-electron chi connectivity index (χ1n) is 11.2. The van der Waals surface area contributed by atoms with Crippen LogP contribution in [0.1, 0.15) is 117 Å². The van der Waals surface area contributed by atoms with Gasteiger partial charge in [-0.2, -0.15) is 4.91 Å².